The van der Waals surface area contributed by atoms with E-state index in [1.165, 1.54) is 6.92 Å². The van der Waals surface area contributed by atoms with Crippen molar-refractivity contribution in [3.63, 3.8) is 0 Å². The molecule has 0 aliphatic carbocycles. The van der Waals surface area contributed by atoms with Crippen molar-refractivity contribution in [3.8, 4) is 0 Å². The first-order valence-electron chi connectivity index (χ1n) is 2.51. The second-order valence-corrected chi connectivity index (χ2v) is 1.60. The van der Waals surface area contributed by atoms with Gasteiger partial charge in [-0.25, -0.2) is 10.2 Å². The average molecular weight is 148 g/mol. The van der Waals surface area contributed by atoms with Crippen molar-refractivity contribution in [2.45, 2.75) is 13.0 Å². The molecular formula is C4H8N2O4. The molecule has 0 aromatic rings. The van der Waals surface area contributed by atoms with Crippen molar-refractivity contribution < 1.29 is 19.8 Å². The number of carbonyl (C=O) groups is 2. The highest BCUT2D eigenvalue weighted by Crippen LogP contribution is 1.75. The Morgan fingerprint density at radius 2 is 1.90 bits per heavy atom. The van der Waals surface area contributed by atoms with E-state index < -0.39 is 18.1 Å². The Bertz CT molecular complexity index is 144. The number of carboxylic acid groups (broad SMARTS) is 1. The standard InChI is InChI=1S/C4H8N2O4/c1-2(7)3(8)5-6-4(9)10/h2,6-7H,1H3,(H,5,8)(H,9,10). The van der Waals surface area contributed by atoms with E-state index in [4.69, 9.17) is 10.2 Å². The van der Waals surface area contributed by atoms with E-state index >= 15 is 0 Å². The molecule has 0 aliphatic heterocycles. The Balaban J connectivity index is 3.50. The molecule has 58 valence electrons. The lowest BCUT2D eigenvalue weighted by Crippen LogP contribution is -2.44. The fraction of sp³-hybridized carbons (Fsp3) is 0.500. The number of aliphatic hydroxyl groups excluding tert-OH is 1. The minimum Gasteiger partial charge on any atom is -0.464 e. The van der Waals surface area contributed by atoms with Crippen molar-refractivity contribution in [3.05, 3.63) is 0 Å². The van der Waals surface area contributed by atoms with Crippen LogP contribution in [0, 0.1) is 0 Å². The highest BCUT2D eigenvalue weighted by Gasteiger charge is 2.07. The van der Waals surface area contributed by atoms with Gasteiger partial charge in [-0.2, -0.15) is 0 Å². The molecule has 0 spiro atoms. The molecule has 4 N–H and O–H groups in total. The first kappa shape index (κ1) is 8.70. The van der Waals surface area contributed by atoms with Crippen LogP contribution in [-0.4, -0.2) is 28.3 Å². The quantitative estimate of drug-likeness (QED) is 0.346. The first-order valence-corrected chi connectivity index (χ1v) is 2.51. The summed E-state index contributed by atoms with van der Waals surface area (Å²) in [5.41, 5.74) is 3.33. The van der Waals surface area contributed by atoms with Crippen LogP contribution in [0.5, 0.6) is 0 Å². The SMILES string of the molecule is CC(O)C(=O)NNC(=O)O. The van der Waals surface area contributed by atoms with E-state index in [1.54, 1.807) is 10.9 Å². The fourth-order valence-electron chi connectivity index (χ4n) is 0.220. The monoisotopic (exact) mass is 148 g/mol. The number of hydrazine groups is 1. The van der Waals surface area contributed by atoms with E-state index in [0.29, 0.717) is 0 Å². The predicted octanol–water partition coefficient (Wildman–Crippen LogP) is -1.33. The van der Waals surface area contributed by atoms with Crippen LogP contribution in [0.1, 0.15) is 6.92 Å². The summed E-state index contributed by atoms with van der Waals surface area (Å²) in [7, 11) is 0. The van der Waals surface area contributed by atoms with Crippen LogP contribution in [0.4, 0.5) is 4.79 Å². The molecule has 10 heavy (non-hydrogen) atoms. The smallest absolute Gasteiger partial charge is 0.423 e. The second-order valence-electron chi connectivity index (χ2n) is 1.60. The summed E-state index contributed by atoms with van der Waals surface area (Å²) in [5, 5.41) is 16.4. The maximum absolute atomic E-state index is 10.4. The third-order valence-corrected chi connectivity index (χ3v) is 0.672. The van der Waals surface area contributed by atoms with Crippen molar-refractivity contribution in [1.82, 2.24) is 10.9 Å². The van der Waals surface area contributed by atoms with Crippen LogP contribution in [0.25, 0.3) is 0 Å². The van der Waals surface area contributed by atoms with Crippen molar-refractivity contribution in [1.29, 1.82) is 0 Å². The van der Waals surface area contributed by atoms with Gasteiger partial charge in [0.1, 0.15) is 6.10 Å². The minimum absolute atomic E-state index is 0.789. The van der Waals surface area contributed by atoms with E-state index in [-0.39, 0.29) is 0 Å². The van der Waals surface area contributed by atoms with Gasteiger partial charge in [-0.15, -0.1) is 0 Å². The summed E-state index contributed by atoms with van der Waals surface area (Å²) in [4.78, 5) is 20.1. The van der Waals surface area contributed by atoms with Crippen LogP contribution in [-0.2, 0) is 4.79 Å². The summed E-state index contributed by atoms with van der Waals surface area (Å²) in [5.74, 6) is -0.789. The lowest BCUT2D eigenvalue weighted by atomic mass is 10.4. The molecule has 1 unspecified atom stereocenters. The van der Waals surface area contributed by atoms with Gasteiger partial charge in [-0.05, 0) is 6.92 Å². The second kappa shape index (κ2) is 3.67. The molecule has 0 aromatic carbocycles. The van der Waals surface area contributed by atoms with Crippen LogP contribution in [0.2, 0.25) is 0 Å². The van der Waals surface area contributed by atoms with E-state index in [2.05, 4.69) is 0 Å². The molecule has 0 saturated heterocycles. The Morgan fingerprint density at radius 3 is 2.20 bits per heavy atom. The largest absolute Gasteiger partial charge is 0.464 e. The van der Waals surface area contributed by atoms with E-state index in [1.807, 2.05) is 0 Å². The zero-order chi connectivity index (χ0) is 8.15. The molecule has 0 aliphatic rings. The van der Waals surface area contributed by atoms with Crippen LogP contribution in [0.15, 0.2) is 0 Å². The highest BCUT2D eigenvalue weighted by molar-refractivity contribution is 5.81. The van der Waals surface area contributed by atoms with E-state index in [0.717, 1.165) is 0 Å². The topological polar surface area (TPSA) is 98.7 Å². The molecule has 6 heteroatoms. The number of amides is 2. The molecule has 0 saturated carbocycles. The zero-order valence-electron chi connectivity index (χ0n) is 5.29. The Kier molecular flexibility index (Phi) is 3.20. The number of rotatable bonds is 1. The molecule has 0 aromatic heterocycles. The van der Waals surface area contributed by atoms with Crippen molar-refractivity contribution in [2.24, 2.45) is 0 Å². The number of aliphatic hydroxyl groups is 1. The minimum atomic E-state index is -1.38. The third-order valence-electron chi connectivity index (χ3n) is 0.672. The Labute approximate surface area is 56.8 Å². The Morgan fingerprint density at radius 1 is 1.40 bits per heavy atom. The molecule has 6 nitrogen and oxygen atoms in total. The molecule has 0 heterocycles. The molecule has 0 radical (unpaired) electrons. The van der Waals surface area contributed by atoms with Gasteiger partial charge in [-0.1, -0.05) is 0 Å². The van der Waals surface area contributed by atoms with Gasteiger partial charge < -0.3 is 10.2 Å². The summed E-state index contributed by atoms with van der Waals surface area (Å²) < 4.78 is 0. The number of nitrogens with one attached hydrogen (secondary N) is 2. The number of hydrogen-bond donors (Lipinski definition) is 4. The van der Waals surface area contributed by atoms with Crippen LogP contribution >= 0.6 is 0 Å². The van der Waals surface area contributed by atoms with Crippen LogP contribution < -0.4 is 10.9 Å². The average Bonchev–Trinajstić information content (AvgIpc) is 1.82. The van der Waals surface area contributed by atoms with Gasteiger partial charge in [-0.3, -0.25) is 10.2 Å². The normalized spacial score (nSPS) is 11.8. The maximum atomic E-state index is 10.4. The fourth-order valence-corrected chi connectivity index (χ4v) is 0.220. The van der Waals surface area contributed by atoms with Gasteiger partial charge in [0.05, 0.1) is 0 Å². The molecule has 0 fully saturated rings. The van der Waals surface area contributed by atoms with Gasteiger partial charge in [0.25, 0.3) is 5.91 Å². The third kappa shape index (κ3) is 3.67. The molecule has 2 amide bonds. The lowest BCUT2D eigenvalue weighted by molar-refractivity contribution is -0.129. The summed E-state index contributed by atoms with van der Waals surface area (Å²) in [6.45, 7) is 1.22. The van der Waals surface area contributed by atoms with Crippen molar-refractivity contribution in [2.75, 3.05) is 0 Å². The highest BCUT2D eigenvalue weighted by atomic mass is 16.4. The maximum Gasteiger partial charge on any atom is 0.423 e. The number of carbonyl (C=O) groups excluding carboxylic acids is 1. The Hall–Kier alpha value is -1.30. The molecular weight excluding hydrogens is 140 g/mol. The van der Waals surface area contributed by atoms with E-state index in [9.17, 15) is 9.59 Å². The molecule has 1 atom stereocenters. The molecule has 0 rings (SSSR count). The van der Waals surface area contributed by atoms with Crippen LogP contribution in [0.3, 0.4) is 0 Å². The van der Waals surface area contributed by atoms with Crippen molar-refractivity contribution >= 4 is 12.0 Å². The number of hydrogen-bond acceptors (Lipinski definition) is 3. The molecule has 0 bridgehead atoms. The van der Waals surface area contributed by atoms with Gasteiger partial charge in [0.15, 0.2) is 0 Å². The summed E-state index contributed by atoms with van der Waals surface area (Å²) >= 11 is 0. The van der Waals surface area contributed by atoms with Gasteiger partial charge in [0.2, 0.25) is 0 Å². The van der Waals surface area contributed by atoms with Gasteiger partial charge >= 0.3 is 6.09 Å². The zero-order valence-corrected chi connectivity index (χ0v) is 5.29. The summed E-state index contributed by atoms with van der Waals surface area (Å²) in [6.07, 6.45) is -2.60. The predicted molar refractivity (Wildman–Crippen MR) is 31.0 cm³/mol. The lowest BCUT2D eigenvalue weighted by Gasteiger charge is -2.04. The van der Waals surface area contributed by atoms with Gasteiger partial charge in [0, 0.05) is 0 Å². The summed E-state index contributed by atoms with van der Waals surface area (Å²) in [6, 6.07) is 0. The first-order chi connectivity index (χ1) is 4.54.